The molecule has 0 bridgehead atoms. The van der Waals surface area contributed by atoms with Gasteiger partial charge in [-0.3, -0.25) is 4.90 Å². The highest BCUT2D eigenvalue weighted by Crippen LogP contribution is 2.62. The Morgan fingerprint density at radius 2 is 1.57 bits per heavy atom. The van der Waals surface area contributed by atoms with E-state index in [4.69, 9.17) is 24.2 Å². The fraction of sp³-hybridized carbons (Fsp3) is 0.556. The molecule has 0 spiro atoms. The predicted molar refractivity (Wildman–Crippen MR) is 253 cm³/mol. The number of fused-ring (bicyclic) bond motifs is 2. The first kappa shape index (κ1) is 49.7. The highest BCUT2D eigenvalue weighted by atomic mass is 19.1. The molecule has 0 aromatic heterocycles. The van der Waals surface area contributed by atoms with E-state index in [9.17, 15) is 24.5 Å². The van der Waals surface area contributed by atoms with Crippen LogP contribution in [-0.4, -0.2) is 70.3 Å². The minimum atomic E-state index is -1.51. The summed E-state index contributed by atoms with van der Waals surface area (Å²) >= 11 is 0. The van der Waals surface area contributed by atoms with E-state index >= 15 is 0 Å². The van der Waals surface area contributed by atoms with Crippen LogP contribution in [0.2, 0.25) is 0 Å². The van der Waals surface area contributed by atoms with Gasteiger partial charge in [0.2, 0.25) is 5.79 Å². The summed E-state index contributed by atoms with van der Waals surface area (Å²) in [5.74, 6) is -2.03. The van der Waals surface area contributed by atoms with E-state index in [0.29, 0.717) is 29.9 Å². The molecule has 11 heteroatoms. The van der Waals surface area contributed by atoms with Crippen molar-refractivity contribution in [2.75, 3.05) is 26.4 Å². The lowest BCUT2D eigenvalue weighted by Crippen LogP contribution is -2.70. The number of aromatic hydroxyl groups is 1. The molecular formula is C54H73FN2O8. The molecule has 3 N–H and O–H groups in total. The van der Waals surface area contributed by atoms with Crippen LogP contribution < -0.4 is 4.74 Å². The molecule has 0 saturated heterocycles. The number of hydrogen-bond donors (Lipinski definition) is 3. The van der Waals surface area contributed by atoms with Gasteiger partial charge in [-0.25, -0.2) is 9.18 Å². The number of aliphatic hydroxyl groups excluding tert-OH is 2. The quantitative estimate of drug-likeness (QED) is 0.0373. The summed E-state index contributed by atoms with van der Waals surface area (Å²) in [7, 11) is 0. The molecule has 3 aliphatic rings. The Kier molecular flexibility index (Phi) is 19.8. The number of unbranched alkanes of at least 4 members (excludes halogenated alkanes) is 11. The third kappa shape index (κ3) is 13.2. The predicted octanol–water partition coefficient (Wildman–Crippen LogP) is 11.9. The summed E-state index contributed by atoms with van der Waals surface area (Å²) in [6.45, 7) is 7.07. The van der Waals surface area contributed by atoms with Gasteiger partial charge in [0.1, 0.15) is 30.0 Å². The van der Waals surface area contributed by atoms with Crippen molar-refractivity contribution in [3.63, 3.8) is 0 Å². The van der Waals surface area contributed by atoms with Gasteiger partial charge < -0.3 is 34.4 Å². The van der Waals surface area contributed by atoms with Crippen LogP contribution in [0.3, 0.4) is 0 Å². The highest BCUT2D eigenvalue weighted by Gasteiger charge is 2.65. The minimum absolute atomic E-state index is 0.00391. The Hall–Kier alpha value is -4.71. The smallest absolute Gasteiger partial charge is 0.410 e. The summed E-state index contributed by atoms with van der Waals surface area (Å²) in [6.07, 6.45) is 19.6. The Balaban J connectivity index is 1.43. The lowest BCUT2D eigenvalue weighted by molar-refractivity contribution is -0.256. The van der Waals surface area contributed by atoms with Crippen molar-refractivity contribution in [1.82, 2.24) is 4.90 Å². The lowest BCUT2D eigenvalue weighted by Gasteiger charge is -2.59. The van der Waals surface area contributed by atoms with Crippen LogP contribution in [0.4, 0.5) is 9.18 Å². The minimum Gasteiger partial charge on any atom is -0.508 e. The molecule has 354 valence electrons. The summed E-state index contributed by atoms with van der Waals surface area (Å²) in [5.41, 5.74) is 4.03. The number of hydrogen-bond acceptors (Lipinski definition) is 9. The summed E-state index contributed by atoms with van der Waals surface area (Å²) in [5, 5.41) is 35.8. The van der Waals surface area contributed by atoms with Crippen molar-refractivity contribution in [3.8, 4) is 11.5 Å². The molecule has 2 aliphatic carbocycles. The van der Waals surface area contributed by atoms with E-state index in [1.54, 1.807) is 41.3 Å². The zero-order chi connectivity index (χ0) is 45.9. The maximum Gasteiger partial charge on any atom is 0.410 e. The number of rotatable bonds is 28. The molecule has 3 aromatic rings. The molecule has 1 aliphatic heterocycles. The van der Waals surface area contributed by atoms with E-state index in [1.807, 2.05) is 30.3 Å². The number of aliphatic hydroxyl groups is 2. The van der Waals surface area contributed by atoms with Gasteiger partial charge in [-0.2, -0.15) is 0 Å². The van der Waals surface area contributed by atoms with E-state index in [-0.39, 0.29) is 75.3 Å². The van der Waals surface area contributed by atoms with Crippen LogP contribution in [-0.2, 0) is 27.5 Å². The monoisotopic (exact) mass is 897 g/mol. The number of halogens is 1. The topological polar surface area (TPSA) is 130 Å². The lowest BCUT2D eigenvalue weighted by atomic mass is 9.55. The Morgan fingerprint density at radius 1 is 0.877 bits per heavy atom. The number of carbonyl (C=O) groups is 1. The average Bonchev–Trinajstić information content (AvgIpc) is 3.31. The second kappa shape index (κ2) is 25.8. The normalized spacial score (nSPS) is 22.6. The van der Waals surface area contributed by atoms with Gasteiger partial charge >= 0.3 is 6.09 Å². The van der Waals surface area contributed by atoms with Crippen LogP contribution in [0.5, 0.6) is 11.5 Å². The third-order valence-corrected chi connectivity index (χ3v) is 13.5. The maximum absolute atomic E-state index is 14.9. The first-order chi connectivity index (χ1) is 31.8. The number of phenols is 1. The van der Waals surface area contributed by atoms with Gasteiger partial charge in [-0.15, -0.1) is 6.58 Å². The van der Waals surface area contributed by atoms with E-state index in [2.05, 4.69) is 19.6 Å². The molecular weight excluding hydrogens is 824 g/mol. The fourth-order valence-corrected chi connectivity index (χ4v) is 10.3. The first-order valence-electron chi connectivity index (χ1n) is 24.4. The number of oxime groups is 1. The largest absolute Gasteiger partial charge is 0.508 e. The summed E-state index contributed by atoms with van der Waals surface area (Å²) < 4.78 is 34.9. The van der Waals surface area contributed by atoms with E-state index < -0.39 is 23.8 Å². The van der Waals surface area contributed by atoms with Crippen LogP contribution in [0.1, 0.15) is 139 Å². The number of ether oxygens (including phenoxy) is 3. The molecule has 3 aromatic carbocycles. The van der Waals surface area contributed by atoms with Crippen molar-refractivity contribution in [3.05, 3.63) is 120 Å². The Morgan fingerprint density at radius 3 is 2.26 bits per heavy atom. The second-order valence-electron chi connectivity index (χ2n) is 18.1. The zero-order valence-corrected chi connectivity index (χ0v) is 38.6. The van der Waals surface area contributed by atoms with Crippen LogP contribution in [0.25, 0.3) is 0 Å². The van der Waals surface area contributed by atoms with Crippen LogP contribution >= 0.6 is 0 Å². The van der Waals surface area contributed by atoms with Gasteiger partial charge in [-0.05, 0) is 91.0 Å². The van der Waals surface area contributed by atoms with E-state index in [0.717, 1.165) is 68.1 Å². The summed E-state index contributed by atoms with van der Waals surface area (Å²) in [4.78, 5) is 22.8. The number of carbonyl (C=O) groups excluding carboxylic acids is 1. The van der Waals surface area contributed by atoms with Crippen molar-refractivity contribution in [1.29, 1.82) is 0 Å². The van der Waals surface area contributed by atoms with Gasteiger partial charge in [-0.1, -0.05) is 137 Å². The molecule has 0 radical (unpaired) electrons. The second-order valence-corrected chi connectivity index (χ2v) is 18.1. The number of amides is 1. The highest BCUT2D eigenvalue weighted by molar-refractivity contribution is 6.03. The van der Waals surface area contributed by atoms with E-state index in [1.165, 1.54) is 50.7 Å². The van der Waals surface area contributed by atoms with Crippen molar-refractivity contribution < 1.29 is 43.6 Å². The van der Waals surface area contributed by atoms with Gasteiger partial charge in [0.05, 0.1) is 24.8 Å². The molecule has 1 heterocycles. The molecule has 10 nitrogen and oxygen atoms in total. The maximum atomic E-state index is 14.9. The number of benzene rings is 3. The van der Waals surface area contributed by atoms with Crippen molar-refractivity contribution in [2.24, 2.45) is 22.9 Å². The van der Waals surface area contributed by atoms with Gasteiger partial charge in [0.25, 0.3) is 0 Å². The summed E-state index contributed by atoms with van der Waals surface area (Å²) in [6, 6.07) is 20.3. The first-order valence-corrected chi connectivity index (χ1v) is 24.4. The van der Waals surface area contributed by atoms with Gasteiger partial charge in [0.15, 0.2) is 0 Å². The molecule has 6 unspecified atom stereocenters. The standard InChI is InChI=1S/C54H73FN2O8/c1-3-5-6-7-8-9-10-11-12-20-34-62-53(61)57(38-40-25-27-43(55)28-26-40)50-37-48(56-64-39-41-21-14-13-15-22-41)46-35-42(23-16-18-31-58)45(24-17-19-32-59)51-47-36-44(60)29-30-49(47)65-54(50,52(46)51)63-33-4-2/h4,13-15,21-22,25-30,35-36,42,45,50-52,58-60H,2-3,5-12,16-20,23-24,31-34,37-39H2,1H3. The van der Waals surface area contributed by atoms with Crippen LogP contribution in [0, 0.1) is 23.6 Å². The average molecular weight is 897 g/mol. The number of phenolic OH excluding ortho intramolecular Hbond substituents is 1. The molecule has 1 fully saturated rings. The molecule has 1 saturated carbocycles. The molecule has 6 rings (SSSR count). The number of nitrogens with zero attached hydrogens (tertiary/aromatic N) is 2. The van der Waals surface area contributed by atoms with Crippen molar-refractivity contribution in [2.45, 2.75) is 147 Å². The number of allylic oxidation sites excluding steroid dienone is 1. The van der Waals surface area contributed by atoms with Crippen molar-refractivity contribution >= 4 is 11.8 Å². The van der Waals surface area contributed by atoms with Gasteiger partial charge in [0, 0.05) is 37.7 Å². The fourth-order valence-electron chi connectivity index (χ4n) is 10.3. The Bertz CT molecular complexity index is 1970. The Labute approximate surface area is 386 Å². The zero-order valence-electron chi connectivity index (χ0n) is 38.6. The molecule has 1 amide bonds. The molecule has 6 atom stereocenters. The SMILES string of the molecule is C=CCOC12Oc3ccc(O)cc3C3C(CCCCO)C(CCCCO)C=C(C(=NOCc4ccccc4)CC1N(Cc1ccc(F)cc1)C(=O)OCCCCCCCCCCCC)C32. The van der Waals surface area contributed by atoms with Crippen LogP contribution in [0.15, 0.2) is 102 Å². The third-order valence-electron chi connectivity index (χ3n) is 13.5. The molecule has 65 heavy (non-hydrogen) atoms.